The monoisotopic (exact) mass is 352 g/mol. The Morgan fingerprint density at radius 2 is 1.81 bits per heavy atom. The average Bonchev–Trinajstić information content (AvgIpc) is 2.94. The third-order valence-corrected chi connectivity index (χ3v) is 4.90. The van der Waals surface area contributed by atoms with Gasteiger partial charge in [-0.2, -0.15) is 0 Å². The quantitative estimate of drug-likeness (QED) is 0.360. The zero-order valence-corrected chi connectivity index (χ0v) is 14.2. The molecule has 7 heteroatoms. The first kappa shape index (κ1) is 17.6. The van der Waals surface area contributed by atoms with Crippen LogP contribution in [0.2, 0.25) is 0 Å². The average molecular weight is 352 g/mol. The Labute approximate surface area is 151 Å². The number of amides is 1. The van der Waals surface area contributed by atoms with Crippen molar-refractivity contribution in [1.82, 2.24) is 4.90 Å². The number of nitro groups is 1. The summed E-state index contributed by atoms with van der Waals surface area (Å²) in [5.41, 5.74) is 6.87. The van der Waals surface area contributed by atoms with E-state index >= 15 is 0 Å². The number of hydrogen-bond acceptors (Lipinski definition) is 4. The number of hydrogen-bond donors (Lipinski definition) is 2. The van der Waals surface area contributed by atoms with Crippen LogP contribution in [-0.2, 0) is 17.8 Å². The standard InChI is InChI=1S/C19H20N4O3/c20-18(21)19(12-14-4-2-1-3-5-14)11-10-17(24)22(19)13-15-6-8-16(9-7-15)23(25)26/h1-9H,10-13H2,(H3,20,21). The summed E-state index contributed by atoms with van der Waals surface area (Å²) in [5.74, 6) is -0.0939. The largest absolute Gasteiger partial charge is 0.386 e. The number of nitro benzene ring substituents is 1. The van der Waals surface area contributed by atoms with Crippen LogP contribution in [0.15, 0.2) is 54.6 Å². The van der Waals surface area contributed by atoms with Crippen molar-refractivity contribution in [2.24, 2.45) is 5.73 Å². The molecular weight excluding hydrogens is 332 g/mol. The minimum Gasteiger partial charge on any atom is -0.386 e. The number of rotatable bonds is 6. The Balaban J connectivity index is 1.90. The molecule has 1 amide bonds. The van der Waals surface area contributed by atoms with Crippen molar-refractivity contribution >= 4 is 17.4 Å². The van der Waals surface area contributed by atoms with Crippen molar-refractivity contribution in [2.75, 3.05) is 0 Å². The maximum atomic E-state index is 12.5. The van der Waals surface area contributed by atoms with Gasteiger partial charge in [0.25, 0.3) is 5.69 Å². The van der Waals surface area contributed by atoms with E-state index < -0.39 is 10.5 Å². The lowest BCUT2D eigenvalue weighted by Gasteiger charge is -2.38. The van der Waals surface area contributed by atoms with Crippen LogP contribution in [0.25, 0.3) is 0 Å². The number of amidine groups is 1. The molecule has 7 nitrogen and oxygen atoms in total. The summed E-state index contributed by atoms with van der Waals surface area (Å²) in [5, 5.41) is 19.0. The van der Waals surface area contributed by atoms with Gasteiger partial charge in [0.2, 0.25) is 5.91 Å². The van der Waals surface area contributed by atoms with Crippen LogP contribution < -0.4 is 5.73 Å². The van der Waals surface area contributed by atoms with Crippen LogP contribution in [0.5, 0.6) is 0 Å². The third kappa shape index (κ3) is 3.28. The second-order valence-electron chi connectivity index (χ2n) is 6.51. The molecular formula is C19H20N4O3. The van der Waals surface area contributed by atoms with Gasteiger partial charge in [0.15, 0.2) is 0 Å². The topological polar surface area (TPSA) is 113 Å². The molecule has 0 radical (unpaired) electrons. The molecule has 26 heavy (non-hydrogen) atoms. The summed E-state index contributed by atoms with van der Waals surface area (Å²) in [4.78, 5) is 24.5. The van der Waals surface area contributed by atoms with Gasteiger partial charge in [-0.05, 0) is 17.5 Å². The van der Waals surface area contributed by atoms with E-state index in [1.807, 2.05) is 30.3 Å². The molecule has 1 aliphatic heterocycles. The molecule has 3 N–H and O–H groups in total. The van der Waals surface area contributed by atoms with Crippen molar-refractivity contribution < 1.29 is 9.72 Å². The van der Waals surface area contributed by atoms with E-state index in [0.29, 0.717) is 19.3 Å². The number of nitrogens with one attached hydrogen (secondary N) is 1. The van der Waals surface area contributed by atoms with Crippen LogP contribution in [0.4, 0.5) is 5.69 Å². The van der Waals surface area contributed by atoms with E-state index in [9.17, 15) is 14.9 Å². The predicted molar refractivity (Wildman–Crippen MR) is 97.7 cm³/mol. The second-order valence-corrected chi connectivity index (χ2v) is 6.51. The lowest BCUT2D eigenvalue weighted by molar-refractivity contribution is -0.384. The smallest absolute Gasteiger partial charge is 0.269 e. The molecule has 2 aromatic rings. The molecule has 134 valence electrons. The Hall–Kier alpha value is -3.22. The molecule has 3 rings (SSSR count). The SMILES string of the molecule is N=C(N)C1(Cc2ccccc2)CCC(=O)N1Cc1ccc([N+](=O)[O-])cc1. The van der Waals surface area contributed by atoms with Gasteiger partial charge in [0.1, 0.15) is 11.4 Å². The first-order chi connectivity index (χ1) is 12.4. The fraction of sp³-hybridized carbons (Fsp3) is 0.263. The van der Waals surface area contributed by atoms with Gasteiger partial charge in [-0.15, -0.1) is 0 Å². The van der Waals surface area contributed by atoms with Crippen LogP contribution >= 0.6 is 0 Å². The highest BCUT2D eigenvalue weighted by atomic mass is 16.6. The van der Waals surface area contributed by atoms with E-state index in [0.717, 1.165) is 11.1 Å². The van der Waals surface area contributed by atoms with E-state index in [-0.39, 0.29) is 24.0 Å². The van der Waals surface area contributed by atoms with E-state index in [1.54, 1.807) is 17.0 Å². The molecule has 0 aromatic heterocycles. The van der Waals surface area contributed by atoms with Crippen molar-refractivity contribution in [3.63, 3.8) is 0 Å². The summed E-state index contributed by atoms with van der Waals surface area (Å²) in [6.45, 7) is 0.267. The maximum absolute atomic E-state index is 12.5. The van der Waals surface area contributed by atoms with Gasteiger partial charge in [-0.25, -0.2) is 0 Å². The lowest BCUT2D eigenvalue weighted by Crippen LogP contribution is -2.55. The van der Waals surface area contributed by atoms with Gasteiger partial charge >= 0.3 is 0 Å². The fourth-order valence-corrected chi connectivity index (χ4v) is 3.46. The normalized spacial score (nSPS) is 19.5. The Morgan fingerprint density at radius 3 is 2.38 bits per heavy atom. The van der Waals surface area contributed by atoms with Crippen molar-refractivity contribution in [3.8, 4) is 0 Å². The summed E-state index contributed by atoms with van der Waals surface area (Å²) in [6, 6.07) is 15.8. The van der Waals surface area contributed by atoms with Crippen molar-refractivity contribution in [3.05, 3.63) is 75.8 Å². The number of likely N-dealkylation sites (tertiary alicyclic amines) is 1. The summed E-state index contributed by atoms with van der Waals surface area (Å²) in [6.07, 6.45) is 1.30. The van der Waals surface area contributed by atoms with Crippen LogP contribution in [0.3, 0.4) is 0 Å². The molecule has 1 saturated heterocycles. The first-order valence-corrected chi connectivity index (χ1v) is 8.34. The molecule has 0 spiro atoms. The maximum Gasteiger partial charge on any atom is 0.269 e. The van der Waals surface area contributed by atoms with Crippen LogP contribution in [-0.4, -0.2) is 27.1 Å². The molecule has 0 saturated carbocycles. The first-order valence-electron chi connectivity index (χ1n) is 8.34. The molecule has 1 aliphatic rings. The highest BCUT2D eigenvalue weighted by Crippen LogP contribution is 2.35. The Morgan fingerprint density at radius 1 is 1.15 bits per heavy atom. The molecule has 0 aliphatic carbocycles. The molecule has 2 aromatic carbocycles. The predicted octanol–water partition coefficient (Wildman–Crippen LogP) is 2.63. The molecule has 1 atom stereocenters. The van der Waals surface area contributed by atoms with Gasteiger partial charge < -0.3 is 10.6 Å². The number of benzene rings is 2. The number of carbonyl (C=O) groups excluding carboxylic acids is 1. The molecule has 1 heterocycles. The summed E-state index contributed by atoms with van der Waals surface area (Å²) >= 11 is 0. The molecule has 1 unspecified atom stereocenters. The number of non-ortho nitro benzene ring substituents is 1. The zero-order valence-electron chi connectivity index (χ0n) is 14.2. The third-order valence-electron chi connectivity index (χ3n) is 4.90. The second kappa shape index (κ2) is 6.95. The van der Waals surface area contributed by atoms with E-state index in [2.05, 4.69) is 0 Å². The van der Waals surface area contributed by atoms with Crippen molar-refractivity contribution in [1.29, 1.82) is 5.41 Å². The number of carbonyl (C=O) groups is 1. The zero-order chi connectivity index (χ0) is 18.7. The van der Waals surface area contributed by atoms with Gasteiger partial charge in [-0.1, -0.05) is 42.5 Å². The van der Waals surface area contributed by atoms with E-state index in [4.69, 9.17) is 11.1 Å². The lowest BCUT2D eigenvalue weighted by atomic mass is 9.86. The van der Waals surface area contributed by atoms with E-state index in [1.165, 1.54) is 12.1 Å². The van der Waals surface area contributed by atoms with Crippen LogP contribution in [0, 0.1) is 15.5 Å². The minimum atomic E-state index is -0.861. The number of nitrogens with two attached hydrogens (primary N) is 1. The summed E-state index contributed by atoms with van der Waals surface area (Å²) < 4.78 is 0. The van der Waals surface area contributed by atoms with Gasteiger partial charge in [0, 0.05) is 31.5 Å². The Kier molecular flexibility index (Phi) is 4.71. The minimum absolute atomic E-state index is 0.00335. The number of nitrogens with zero attached hydrogens (tertiary/aromatic N) is 2. The highest BCUT2D eigenvalue weighted by Gasteiger charge is 2.47. The Bertz CT molecular complexity index is 836. The van der Waals surface area contributed by atoms with Crippen molar-refractivity contribution in [2.45, 2.75) is 31.3 Å². The fourth-order valence-electron chi connectivity index (χ4n) is 3.46. The molecule has 1 fully saturated rings. The highest BCUT2D eigenvalue weighted by molar-refractivity contribution is 5.95. The molecule has 0 bridgehead atoms. The van der Waals surface area contributed by atoms with Gasteiger partial charge in [-0.3, -0.25) is 20.3 Å². The summed E-state index contributed by atoms with van der Waals surface area (Å²) in [7, 11) is 0. The van der Waals surface area contributed by atoms with Gasteiger partial charge in [0.05, 0.1) is 4.92 Å². The van der Waals surface area contributed by atoms with Crippen LogP contribution in [0.1, 0.15) is 24.0 Å².